The van der Waals surface area contributed by atoms with Crippen molar-refractivity contribution in [3.8, 4) is 0 Å². The second kappa shape index (κ2) is 9.03. The highest BCUT2D eigenvalue weighted by atomic mass is 16.2. The Balaban J connectivity index is 1.62. The third kappa shape index (κ3) is 5.36. The van der Waals surface area contributed by atoms with Crippen molar-refractivity contribution in [2.75, 3.05) is 13.1 Å². The lowest BCUT2D eigenvalue weighted by Crippen LogP contribution is -2.28. The molecule has 1 aromatic heterocycles. The van der Waals surface area contributed by atoms with Crippen molar-refractivity contribution in [2.24, 2.45) is 11.3 Å². The van der Waals surface area contributed by atoms with E-state index < -0.39 is 0 Å². The number of ketones is 1. The highest BCUT2D eigenvalue weighted by Crippen LogP contribution is 2.42. The zero-order valence-electron chi connectivity index (χ0n) is 21.0. The van der Waals surface area contributed by atoms with Crippen molar-refractivity contribution in [3.63, 3.8) is 0 Å². The topological polar surface area (TPSA) is 68.1 Å². The van der Waals surface area contributed by atoms with Crippen LogP contribution in [0.2, 0.25) is 0 Å². The lowest BCUT2D eigenvalue weighted by Gasteiger charge is -2.20. The van der Waals surface area contributed by atoms with Gasteiger partial charge < -0.3 is 9.47 Å². The highest BCUT2D eigenvalue weighted by Gasteiger charge is 2.43. The fraction of sp³-hybridized carbons (Fsp3) is 0.630. The maximum Gasteiger partial charge on any atom is 0.219 e. The molecule has 6 nitrogen and oxygen atoms in total. The van der Waals surface area contributed by atoms with E-state index in [4.69, 9.17) is 0 Å². The van der Waals surface area contributed by atoms with Crippen molar-refractivity contribution in [2.45, 2.75) is 85.6 Å². The summed E-state index contributed by atoms with van der Waals surface area (Å²) in [4.78, 5) is 27.6. The van der Waals surface area contributed by atoms with Gasteiger partial charge in [0.05, 0.1) is 0 Å². The third-order valence-corrected chi connectivity index (χ3v) is 7.18. The predicted octanol–water partition coefficient (Wildman–Crippen LogP) is 4.58. The number of benzene rings is 1. The molecule has 1 saturated carbocycles. The van der Waals surface area contributed by atoms with Crippen LogP contribution in [0.1, 0.15) is 87.3 Å². The normalized spacial score (nSPS) is 21.0. The molecule has 0 unspecified atom stereocenters. The van der Waals surface area contributed by atoms with Gasteiger partial charge in [0.25, 0.3) is 0 Å². The highest BCUT2D eigenvalue weighted by molar-refractivity contribution is 5.86. The quantitative estimate of drug-likeness (QED) is 0.619. The van der Waals surface area contributed by atoms with Gasteiger partial charge in [-0.1, -0.05) is 44.5 Å². The molecule has 1 amide bonds. The Morgan fingerprint density at radius 1 is 1.09 bits per heavy atom. The zero-order valence-corrected chi connectivity index (χ0v) is 21.0. The van der Waals surface area contributed by atoms with Gasteiger partial charge in [0.2, 0.25) is 5.91 Å². The Morgan fingerprint density at radius 3 is 2.42 bits per heavy atom. The maximum atomic E-state index is 13.6. The predicted molar refractivity (Wildman–Crippen MR) is 129 cm³/mol. The Hall–Kier alpha value is -2.50. The molecule has 2 heterocycles. The van der Waals surface area contributed by atoms with Gasteiger partial charge in [-0.3, -0.25) is 9.59 Å². The molecule has 6 heteroatoms. The molecule has 2 fully saturated rings. The van der Waals surface area contributed by atoms with Crippen LogP contribution in [-0.4, -0.2) is 44.4 Å². The number of Topliss-reactive ketones (excluding diaryl/α,β-unsaturated/α-hetero) is 1. The van der Waals surface area contributed by atoms with Crippen molar-refractivity contribution in [1.29, 1.82) is 0 Å². The van der Waals surface area contributed by atoms with Crippen LogP contribution in [0.25, 0.3) is 0 Å². The first kappa shape index (κ1) is 23.7. The number of nitrogens with zero attached hydrogens (tertiary/aromatic N) is 4. The summed E-state index contributed by atoms with van der Waals surface area (Å²) >= 11 is 0. The number of carbonyl (C=O) groups excluding carboxylic acids is 2. The van der Waals surface area contributed by atoms with Gasteiger partial charge in [-0.2, -0.15) is 0 Å². The molecule has 0 N–H and O–H groups in total. The summed E-state index contributed by atoms with van der Waals surface area (Å²) in [5.41, 5.74) is 3.64. The minimum Gasteiger partial charge on any atom is -0.341 e. The van der Waals surface area contributed by atoms with Crippen molar-refractivity contribution in [3.05, 3.63) is 46.5 Å². The van der Waals surface area contributed by atoms with Crippen LogP contribution in [0.15, 0.2) is 18.2 Å². The molecule has 1 saturated heterocycles. The molecule has 1 aliphatic heterocycles. The molecule has 2 atom stereocenters. The van der Waals surface area contributed by atoms with E-state index in [1.54, 1.807) is 6.92 Å². The summed E-state index contributed by atoms with van der Waals surface area (Å²) in [6, 6.07) is 6.69. The molecule has 1 aromatic carbocycles. The van der Waals surface area contributed by atoms with Crippen molar-refractivity contribution >= 4 is 11.7 Å². The van der Waals surface area contributed by atoms with E-state index in [0.717, 1.165) is 48.5 Å². The van der Waals surface area contributed by atoms with Crippen LogP contribution in [0, 0.1) is 25.2 Å². The molecule has 2 aromatic rings. The van der Waals surface area contributed by atoms with Crippen molar-refractivity contribution in [1.82, 2.24) is 19.7 Å². The molecule has 0 spiro atoms. The molecule has 0 radical (unpaired) electrons. The number of aromatic nitrogens is 3. The molecule has 178 valence electrons. The Bertz CT molecular complexity index is 1040. The van der Waals surface area contributed by atoms with E-state index in [1.165, 1.54) is 5.56 Å². The lowest BCUT2D eigenvalue weighted by atomic mass is 9.87. The van der Waals surface area contributed by atoms with Gasteiger partial charge in [0, 0.05) is 50.7 Å². The summed E-state index contributed by atoms with van der Waals surface area (Å²) in [5, 5.41) is 9.24. The number of likely N-dealkylation sites (tertiary alicyclic amines) is 1. The smallest absolute Gasteiger partial charge is 0.219 e. The Labute approximate surface area is 197 Å². The first-order chi connectivity index (χ1) is 15.5. The monoisotopic (exact) mass is 450 g/mol. The Kier molecular flexibility index (Phi) is 6.47. The molecule has 0 bridgehead atoms. The average molecular weight is 451 g/mol. The van der Waals surface area contributed by atoms with E-state index in [2.05, 4.69) is 67.6 Å². The van der Waals surface area contributed by atoms with E-state index in [-0.39, 0.29) is 28.9 Å². The van der Waals surface area contributed by atoms with Gasteiger partial charge >= 0.3 is 0 Å². The largest absolute Gasteiger partial charge is 0.341 e. The van der Waals surface area contributed by atoms with Gasteiger partial charge in [-0.15, -0.1) is 10.2 Å². The van der Waals surface area contributed by atoms with Crippen LogP contribution in [-0.2, 0) is 22.4 Å². The van der Waals surface area contributed by atoms with Gasteiger partial charge in [-0.05, 0) is 49.7 Å². The van der Waals surface area contributed by atoms with Crippen LogP contribution >= 0.6 is 0 Å². The molecule has 1 aliphatic carbocycles. The van der Waals surface area contributed by atoms with E-state index in [9.17, 15) is 9.59 Å². The zero-order chi connectivity index (χ0) is 23.9. The van der Waals surface area contributed by atoms with Gasteiger partial charge in [0.15, 0.2) is 0 Å². The number of amides is 1. The van der Waals surface area contributed by atoms with E-state index >= 15 is 0 Å². The number of hydrogen-bond acceptors (Lipinski definition) is 4. The van der Waals surface area contributed by atoms with E-state index in [0.29, 0.717) is 25.6 Å². The molecular formula is C27H38N4O2. The van der Waals surface area contributed by atoms with Crippen LogP contribution in [0.4, 0.5) is 0 Å². The number of hydrogen-bond donors (Lipinski definition) is 0. The summed E-state index contributed by atoms with van der Waals surface area (Å²) in [5.74, 6) is 1.81. The van der Waals surface area contributed by atoms with Gasteiger partial charge in [-0.25, -0.2) is 0 Å². The van der Waals surface area contributed by atoms with Gasteiger partial charge in [0.1, 0.15) is 17.4 Å². The van der Waals surface area contributed by atoms with Crippen LogP contribution in [0.3, 0.4) is 0 Å². The average Bonchev–Trinajstić information content (AvgIpc) is 3.31. The number of rotatable bonds is 7. The Morgan fingerprint density at radius 2 is 1.82 bits per heavy atom. The van der Waals surface area contributed by atoms with E-state index in [1.807, 2.05) is 4.90 Å². The standard InChI is InChI=1S/C27H38N4O2/c1-17-7-8-20(18(2)13-17)14-24(33)22-15-30(19(3)32)16-23(22)26-29-28-25(11-12-27(4,5)6)31(26)21-9-10-21/h7-8,13,21-23H,9-12,14-16H2,1-6H3/t22-,23-/m0/s1. The minimum absolute atomic E-state index is 0.0206. The van der Waals surface area contributed by atoms with Crippen LogP contribution in [0.5, 0.6) is 0 Å². The summed E-state index contributed by atoms with van der Waals surface area (Å²) < 4.78 is 2.32. The first-order valence-corrected chi connectivity index (χ1v) is 12.3. The first-order valence-electron chi connectivity index (χ1n) is 12.3. The second-order valence-corrected chi connectivity index (χ2v) is 11.3. The number of aryl methyl sites for hydroxylation is 3. The SMILES string of the molecule is CC(=O)N1C[C@H](C(=O)Cc2ccc(C)cc2C)[C@@H](c2nnc(CCC(C)(C)C)n2C2CC2)C1. The fourth-order valence-electron chi connectivity index (χ4n) is 4.99. The number of carbonyl (C=O) groups is 2. The summed E-state index contributed by atoms with van der Waals surface area (Å²) in [6.07, 6.45) is 4.59. The maximum absolute atomic E-state index is 13.6. The third-order valence-electron chi connectivity index (χ3n) is 7.18. The molecule has 4 rings (SSSR count). The van der Waals surface area contributed by atoms with Crippen LogP contribution < -0.4 is 0 Å². The second-order valence-electron chi connectivity index (χ2n) is 11.3. The molecule has 2 aliphatic rings. The molecule has 33 heavy (non-hydrogen) atoms. The summed E-state index contributed by atoms with van der Waals surface area (Å²) in [6.45, 7) is 13.5. The minimum atomic E-state index is -0.244. The van der Waals surface area contributed by atoms with Crippen molar-refractivity contribution < 1.29 is 9.59 Å². The summed E-state index contributed by atoms with van der Waals surface area (Å²) in [7, 11) is 0. The lowest BCUT2D eigenvalue weighted by molar-refractivity contribution is -0.128. The fourth-order valence-corrected chi connectivity index (χ4v) is 4.99. The molecular weight excluding hydrogens is 412 g/mol.